The Balaban J connectivity index is 1.58. The summed E-state index contributed by atoms with van der Waals surface area (Å²) in [5, 5.41) is 10.7. The number of fused-ring (bicyclic) bond motifs is 1. The topological polar surface area (TPSA) is 72.7 Å². The molecule has 0 aromatic heterocycles. The molecular formula is C16H20N2O4. The van der Waals surface area contributed by atoms with Crippen molar-refractivity contribution in [3.05, 3.63) is 34.4 Å². The number of anilines is 1. The van der Waals surface area contributed by atoms with Gasteiger partial charge in [-0.25, -0.2) is 0 Å². The van der Waals surface area contributed by atoms with Gasteiger partial charge in [-0.2, -0.15) is 0 Å². The number of ether oxygens (including phenoxy) is 1. The Bertz CT molecular complexity index is 594. The van der Waals surface area contributed by atoms with Gasteiger partial charge in [0, 0.05) is 30.9 Å². The zero-order valence-corrected chi connectivity index (χ0v) is 13.0. The van der Waals surface area contributed by atoms with E-state index in [1.165, 1.54) is 12.1 Å². The number of nitro benzene ring substituents is 1. The average molecular weight is 304 g/mol. The Morgan fingerprint density at radius 3 is 2.23 bits per heavy atom. The highest BCUT2D eigenvalue weighted by Gasteiger charge is 2.60. The summed E-state index contributed by atoms with van der Waals surface area (Å²) in [4.78, 5) is 24.5. The highest BCUT2D eigenvalue weighted by atomic mass is 16.6. The lowest BCUT2D eigenvalue weighted by molar-refractivity contribution is -0.384. The number of esters is 1. The molecule has 0 radical (unpaired) electrons. The van der Waals surface area contributed by atoms with Gasteiger partial charge in [-0.15, -0.1) is 0 Å². The van der Waals surface area contributed by atoms with E-state index in [0.29, 0.717) is 11.8 Å². The standard InChI is InChI=1S/C16H20N2O4/c1-16(2,3)22-15(19)14-12-8-17(9-13(12)14)10-4-6-11(7-5-10)18(20)21/h4-7,12-14H,8-9H2,1-3H3. The van der Waals surface area contributed by atoms with Crippen LogP contribution in [0.15, 0.2) is 24.3 Å². The van der Waals surface area contributed by atoms with E-state index in [9.17, 15) is 14.9 Å². The largest absolute Gasteiger partial charge is 0.460 e. The van der Waals surface area contributed by atoms with Crippen LogP contribution < -0.4 is 4.90 Å². The van der Waals surface area contributed by atoms with Gasteiger partial charge in [-0.3, -0.25) is 14.9 Å². The van der Waals surface area contributed by atoms with Crippen LogP contribution in [-0.2, 0) is 9.53 Å². The van der Waals surface area contributed by atoms with Gasteiger partial charge in [0.1, 0.15) is 5.60 Å². The fourth-order valence-corrected chi connectivity index (χ4v) is 3.24. The van der Waals surface area contributed by atoms with Crippen LogP contribution in [0, 0.1) is 27.9 Å². The van der Waals surface area contributed by atoms with Crippen LogP contribution in [0.5, 0.6) is 0 Å². The molecule has 2 aliphatic rings. The number of piperidine rings is 1. The second kappa shape index (κ2) is 4.97. The Hall–Kier alpha value is -2.11. The molecular weight excluding hydrogens is 284 g/mol. The summed E-state index contributed by atoms with van der Waals surface area (Å²) < 4.78 is 5.45. The molecule has 1 aromatic carbocycles. The molecule has 1 aliphatic heterocycles. The summed E-state index contributed by atoms with van der Waals surface area (Å²) >= 11 is 0. The molecule has 6 nitrogen and oxygen atoms in total. The monoisotopic (exact) mass is 304 g/mol. The molecule has 0 amide bonds. The smallest absolute Gasteiger partial charge is 0.310 e. The molecule has 2 fully saturated rings. The quantitative estimate of drug-likeness (QED) is 0.487. The first kappa shape index (κ1) is 14.8. The number of nitrogens with zero attached hydrogens (tertiary/aromatic N) is 2. The second-order valence-corrected chi connectivity index (χ2v) is 7.07. The van der Waals surface area contributed by atoms with Crippen LogP contribution in [0.1, 0.15) is 20.8 Å². The van der Waals surface area contributed by atoms with Gasteiger partial charge >= 0.3 is 5.97 Å². The molecule has 0 N–H and O–H groups in total. The van der Waals surface area contributed by atoms with Crippen molar-refractivity contribution < 1.29 is 14.5 Å². The first-order valence-corrected chi connectivity index (χ1v) is 7.48. The maximum absolute atomic E-state index is 12.1. The number of non-ortho nitro benzene ring substituents is 1. The number of hydrogen-bond donors (Lipinski definition) is 0. The minimum Gasteiger partial charge on any atom is -0.460 e. The Morgan fingerprint density at radius 2 is 1.77 bits per heavy atom. The van der Waals surface area contributed by atoms with E-state index in [2.05, 4.69) is 4.90 Å². The minimum absolute atomic E-state index is 0.0218. The van der Waals surface area contributed by atoms with Crippen molar-refractivity contribution in [2.24, 2.45) is 17.8 Å². The van der Waals surface area contributed by atoms with Crippen molar-refractivity contribution in [3.63, 3.8) is 0 Å². The predicted molar refractivity (Wildman–Crippen MR) is 81.6 cm³/mol. The molecule has 1 aliphatic carbocycles. The molecule has 0 spiro atoms. The van der Waals surface area contributed by atoms with Crippen molar-refractivity contribution >= 4 is 17.3 Å². The zero-order valence-electron chi connectivity index (χ0n) is 13.0. The molecule has 2 unspecified atom stereocenters. The van der Waals surface area contributed by atoms with Crippen LogP contribution in [0.2, 0.25) is 0 Å². The zero-order chi connectivity index (χ0) is 16.1. The minimum atomic E-state index is -0.438. The average Bonchev–Trinajstić information content (AvgIpc) is 2.93. The van der Waals surface area contributed by atoms with Crippen LogP contribution >= 0.6 is 0 Å². The highest BCUT2D eigenvalue weighted by molar-refractivity contribution is 5.78. The summed E-state index contributed by atoms with van der Waals surface area (Å²) in [5.41, 5.74) is 0.631. The third-order valence-electron chi connectivity index (χ3n) is 4.30. The summed E-state index contributed by atoms with van der Waals surface area (Å²) in [6, 6.07) is 6.58. The summed E-state index contributed by atoms with van der Waals surface area (Å²) in [6.07, 6.45) is 0. The second-order valence-electron chi connectivity index (χ2n) is 7.07. The Morgan fingerprint density at radius 1 is 1.23 bits per heavy atom. The maximum Gasteiger partial charge on any atom is 0.310 e. The van der Waals surface area contributed by atoms with Gasteiger partial charge in [0.05, 0.1) is 10.8 Å². The number of benzene rings is 1. The summed E-state index contributed by atoms with van der Waals surface area (Å²) in [6.45, 7) is 7.27. The Kier molecular flexibility index (Phi) is 3.34. The van der Waals surface area contributed by atoms with Gasteiger partial charge < -0.3 is 9.64 Å². The van der Waals surface area contributed by atoms with Crippen LogP contribution in [0.3, 0.4) is 0 Å². The molecule has 3 rings (SSSR count). The molecule has 22 heavy (non-hydrogen) atoms. The first-order chi connectivity index (χ1) is 10.3. The number of rotatable bonds is 3. The number of hydrogen-bond acceptors (Lipinski definition) is 5. The normalized spacial score (nSPS) is 26.5. The van der Waals surface area contributed by atoms with Gasteiger partial charge in [-0.05, 0) is 44.7 Å². The van der Waals surface area contributed by atoms with E-state index < -0.39 is 10.5 Å². The van der Waals surface area contributed by atoms with Crippen LogP contribution in [-0.4, -0.2) is 29.6 Å². The molecule has 1 aromatic rings. The third-order valence-corrected chi connectivity index (χ3v) is 4.30. The lowest BCUT2D eigenvalue weighted by Gasteiger charge is -2.23. The maximum atomic E-state index is 12.1. The summed E-state index contributed by atoms with van der Waals surface area (Å²) in [5.74, 6) is 0.634. The molecule has 118 valence electrons. The molecule has 1 saturated carbocycles. The van der Waals surface area contributed by atoms with E-state index in [4.69, 9.17) is 4.74 Å². The Labute approximate surface area is 129 Å². The van der Waals surface area contributed by atoms with Crippen molar-refractivity contribution in [1.29, 1.82) is 0 Å². The van der Waals surface area contributed by atoms with Crippen molar-refractivity contribution in [1.82, 2.24) is 0 Å². The van der Waals surface area contributed by atoms with Gasteiger partial charge in [-0.1, -0.05) is 0 Å². The summed E-state index contributed by atoms with van der Waals surface area (Å²) in [7, 11) is 0. The van der Waals surface area contributed by atoms with Crippen LogP contribution in [0.25, 0.3) is 0 Å². The number of carbonyl (C=O) groups is 1. The number of nitro groups is 1. The van der Waals surface area contributed by atoms with Crippen molar-refractivity contribution in [3.8, 4) is 0 Å². The van der Waals surface area contributed by atoms with E-state index >= 15 is 0 Å². The molecule has 6 heteroatoms. The predicted octanol–water partition coefficient (Wildman–Crippen LogP) is 2.62. The van der Waals surface area contributed by atoms with Crippen molar-refractivity contribution in [2.75, 3.05) is 18.0 Å². The van der Waals surface area contributed by atoms with Crippen molar-refractivity contribution in [2.45, 2.75) is 26.4 Å². The highest BCUT2D eigenvalue weighted by Crippen LogP contribution is 2.53. The lowest BCUT2D eigenvalue weighted by atomic mass is 10.2. The fraction of sp³-hybridized carbons (Fsp3) is 0.562. The van der Waals surface area contributed by atoms with E-state index in [1.54, 1.807) is 12.1 Å². The van der Waals surface area contributed by atoms with E-state index in [0.717, 1.165) is 18.8 Å². The SMILES string of the molecule is CC(C)(C)OC(=O)C1C2CN(c3ccc([N+](=O)[O-])cc3)CC21. The van der Waals surface area contributed by atoms with Gasteiger partial charge in [0.2, 0.25) is 0 Å². The molecule has 1 heterocycles. The number of carbonyl (C=O) groups excluding carboxylic acids is 1. The van der Waals surface area contributed by atoms with Crippen LogP contribution in [0.4, 0.5) is 11.4 Å². The third kappa shape index (κ3) is 2.77. The van der Waals surface area contributed by atoms with E-state index in [1.807, 2.05) is 20.8 Å². The van der Waals surface area contributed by atoms with E-state index in [-0.39, 0.29) is 17.6 Å². The lowest BCUT2D eigenvalue weighted by Crippen LogP contribution is -2.30. The molecule has 0 bridgehead atoms. The molecule has 2 atom stereocenters. The van der Waals surface area contributed by atoms with Gasteiger partial charge in [0.15, 0.2) is 0 Å². The first-order valence-electron chi connectivity index (χ1n) is 7.48. The fourth-order valence-electron chi connectivity index (χ4n) is 3.24. The van der Waals surface area contributed by atoms with Gasteiger partial charge in [0.25, 0.3) is 5.69 Å². The molecule has 1 saturated heterocycles.